The van der Waals surface area contributed by atoms with Crippen LogP contribution in [-0.2, 0) is 28.5 Å². The van der Waals surface area contributed by atoms with Crippen LogP contribution in [0.2, 0.25) is 0 Å². The molecule has 1 N–H and O–H groups in total. The van der Waals surface area contributed by atoms with Gasteiger partial charge in [-0.2, -0.15) is 0 Å². The van der Waals surface area contributed by atoms with Crippen molar-refractivity contribution in [3.05, 3.63) is 53.6 Å². The fourth-order valence-corrected chi connectivity index (χ4v) is 3.60. The van der Waals surface area contributed by atoms with E-state index in [0.29, 0.717) is 17.0 Å². The number of benzene rings is 1. The number of hydrogen-bond acceptors (Lipinski definition) is 6. The summed E-state index contributed by atoms with van der Waals surface area (Å²) >= 11 is 0. The largest absolute Gasteiger partial charge is 0.498 e. The summed E-state index contributed by atoms with van der Waals surface area (Å²) in [4.78, 5) is 24.7. The number of halogens is 1. The summed E-state index contributed by atoms with van der Waals surface area (Å²) in [5.41, 5.74) is 0.878. The maximum atomic E-state index is 14.1. The minimum atomic E-state index is -1.10. The van der Waals surface area contributed by atoms with E-state index in [0.717, 1.165) is 0 Å². The molecular formula is C21H24FNO6. The Bertz CT molecular complexity index is 836. The van der Waals surface area contributed by atoms with Gasteiger partial charge in [-0.15, -0.1) is 0 Å². The number of fused-ring (bicyclic) bond motifs is 1. The molecule has 29 heavy (non-hydrogen) atoms. The highest BCUT2D eigenvalue weighted by Crippen LogP contribution is 2.41. The first-order valence-corrected chi connectivity index (χ1v) is 9.35. The first-order valence-electron chi connectivity index (χ1n) is 9.35. The van der Waals surface area contributed by atoms with Crippen molar-refractivity contribution >= 4 is 17.6 Å². The normalized spacial score (nSPS) is 26.1. The van der Waals surface area contributed by atoms with Gasteiger partial charge in [-0.05, 0) is 31.2 Å². The molecule has 4 atom stereocenters. The highest BCUT2D eigenvalue weighted by Gasteiger charge is 2.41. The van der Waals surface area contributed by atoms with Gasteiger partial charge in [-0.25, -0.2) is 4.39 Å². The predicted octanol–water partition coefficient (Wildman–Crippen LogP) is 2.89. The fourth-order valence-electron chi connectivity index (χ4n) is 3.60. The van der Waals surface area contributed by atoms with Crippen molar-refractivity contribution in [1.29, 1.82) is 0 Å². The molecular weight excluding hydrogens is 381 g/mol. The summed E-state index contributed by atoms with van der Waals surface area (Å²) < 4.78 is 36.1. The van der Waals surface area contributed by atoms with E-state index in [1.807, 2.05) is 6.08 Å². The van der Waals surface area contributed by atoms with Gasteiger partial charge in [0.1, 0.15) is 23.8 Å². The summed E-state index contributed by atoms with van der Waals surface area (Å²) in [5, 5.41) is 2.73. The Morgan fingerprint density at radius 3 is 2.79 bits per heavy atom. The second-order valence-corrected chi connectivity index (χ2v) is 6.67. The number of methoxy groups -OCH3 is 2. The first kappa shape index (κ1) is 21.0. The minimum absolute atomic E-state index is 0.196. The molecule has 8 heteroatoms. The van der Waals surface area contributed by atoms with E-state index in [2.05, 4.69) is 5.32 Å². The smallest absolute Gasteiger partial charge is 0.308 e. The Kier molecular flexibility index (Phi) is 6.66. The number of anilines is 1. The topological polar surface area (TPSA) is 83.1 Å². The molecule has 0 radical (unpaired) electrons. The molecule has 0 saturated heterocycles. The van der Waals surface area contributed by atoms with Crippen LogP contribution in [-0.4, -0.2) is 44.9 Å². The van der Waals surface area contributed by atoms with Gasteiger partial charge in [-0.3, -0.25) is 9.59 Å². The van der Waals surface area contributed by atoms with Gasteiger partial charge in [0, 0.05) is 24.3 Å². The highest BCUT2D eigenvalue weighted by molar-refractivity contribution is 5.97. The molecule has 1 aromatic carbocycles. The number of hydrogen-bond donors (Lipinski definition) is 1. The van der Waals surface area contributed by atoms with Crippen LogP contribution in [0.15, 0.2) is 42.2 Å². The highest BCUT2D eigenvalue weighted by atomic mass is 19.1. The molecule has 0 fully saturated rings. The number of amides is 1. The molecule has 7 nitrogen and oxygen atoms in total. The van der Waals surface area contributed by atoms with Crippen LogP contribution in [0.1, 0.15) is 25.0 Å². The van der Waals surface area contributed by atoms with Gasteiger partial charge >= 0.3 is 5.97 Å². The Morgan fingerprint density at radius 1 is 1.31 bits per heavy atom. The van der Waals surface area contributed by atoms with Crippen LogP contribution in [0.3, 0.4) is 0 Å². The third-order valence-corrected chi connectivity index (χ3v) is 4.90. The van der Waals surface area contributed by atoms with Gasteiger partial charge in [0.15, 0.2) is 0 Å². The van der Waals surface area contributed by atoms with Gasteiger partial charge in [0.05, 0.1) is 26.2 Å². The summed E-state index contributed by atoms with van der Waals surface area (Å²) in [5.74, 6) is -1.36. The number of rotatable bonds is 6. The summed E-state index contributed by atoms with van der Waals surface area (Å²) in [7, 11) is 3.07. The monoisotopic (exact) mass is 405 g/mol. The number of ether oxygens (including phenoxy) is 4. The van der Waals surface area contributed by atoms with Crippen molar-refractivity contribution in [3.63, 3.8) is 0 Å². The van der Waals surface area contributed by atoms with Gasteiger partial charge in [-0.1, -0.05) is 12.2 Å². The van der Waals surface area contributed by atoms with E-state index >= 15 is 0 Å². The molecule has 0 bridgehead atoms. The van der Waals surface area contributed by atoms with Gasteiger partial charge in [0.2, 0.25) is 0 Å². The van der Waals surface area contributed by atoms with Crippen molar-refractivity contribution in [2.75, 3.05) is 26.1 Å². The molecule has 1 aliphatic heterocycles. The van der Waals surface area contributed by atoms with Crippen LogP contribution in [0.25, 0.3) is 0 Å². The number of esters is 1. The van der Waals surface area contributed by atoms with Crippen LogP contribution >= 0.6 is 0 Å². The van der Waals surface area contributed by atoms with Crippen LogP contribution in [0, 0.1) is 11.7 Å². The first-order chi connectivity index (χ1) is 14.0. The zero-order valence-corrected chi connectivity index (χ0v) is 16.5. The quantitative estimate of drug-likeness (QED) is 0.733. The zero-order chi connectivity index (χ0) is 21.0. The number of allylic oxidation sites excluding steroid dienone is 2. The third-order valence-electron chi connectivity index (χ3n) is 4.90. The lowest BCUT2D eigenvalue weighted by atomic mass is 9.86. The summed E-state index contributed by atoms with van der Waals surface area (Å²) in [6.45, 7) is 1.88. The minimum Gasteiger partial charge on any atom is -0.498 e. The lowest BCUT2D eigenvalue weighted by molar-refractivity contribution is -0.154. The third kappa shape index (κ3) is 4.49. The average molecular weight is 405 g/mol. The molecule has 0 aromatic heterocycles. The maximum Gasteiger partial charge on any atom is 0.308 e. The van der Waals surface area contributed by atoms with E-state index in [-0.39, 0.29) is 13.0 Å². The lowest BCUT2D eigenvalue weighted by Gasteiger charge is -2.34. The zero-order valence-electron chi connectivity index (χ0n) is 16.5. The van der Waals surface area contributed by atoms with E-state index in [4.69, 9.17) is 18.9 Å². The van der Waals surface area contributed by atoms with Crippen LogP contribution < -0.4 is 5.32 Å². The molecule has 1 heterocycles. The number of carbonyl (C=O) groups is 2. The SMILES string of the molecule is CCOC(=O)C[C@H]1O[C@H](C2C=CC=C(OC)C2OC)c2cc(F)ccc2NC1=O. The average Bonchev–Trinajstić information content (AvgIpc) is 2.84. The summed E-state index contributed by atoms with van der Waals surface area (Å²) in [6.07, 6.45) is 2.79. The molecule has 3 rings (SSSR count). The number of nitrogens with one attached hydrogen (secondary N) is 1. The van der Waals surface area contributed by atoms with Crippen molar-refractivity contribution in [1.82, 2.24) is 0 Å². The molecule has 2 unspecified atom stereocenters. The maximum absolute atomic E-state index is 14.1. The van der Waals surface area contributed by atoms with E-state index in [1.165, 1.54) is 32.4 Å². The van der Waals surface area contributed by atoms with E-state index < -0.39 is 41.9 Å². The second kappa shape index (κ2) is 9.19. The van der Waals surface area contributed by atoms with Crippen molar-refractivity contribution in [3.8, 4) is 0 Å². The van der Waals surface area contributed by atoms with Crippen molar-refractivity contribution < 1.29 is 32.9 Å². The van der Waals surface area contributed by atoms with Crippen LogP contribution in [0.5, 0.6) is 0 Å². The molecule has 0 saturated carbocycles. The van der Waals surface area contributed by atoms with Gasteiger partial charge in [0.25, 0.3) is 5.91 Å². The lowest BCUT2D eigenvalue weighted by Crippen LogP contribution is -2.36. The van der Waals surface area contributed by atoms with E-state index in [9.17, 15) is 14.0 Å². The molecule has 1 aliphatic carbocycles. The molecule has 2 aliphatic rings. The Hall–Kier alpha value is -2.71. The predicted molar refractivity (Wildman–Crippen MR) is 102 cm³/mol. The fraction of sp³-hybridized carbons (Fsp3) is 0.429. The molecule has 1 amide bonds. The standard InChI is InChI=1S/C21H24FNO6/c1-4-28-18(24)11-17-21(25)23-15-9-8-12(22)10-14(15)19(29-17)13-6-5-7-16(26-2)20(13)27-3/h5-10,13,17,19-20H,4,11H2,1-3H3,(H,23,25)/t13?,17-,19-,20?/m1/s1. The molecule has 1 aromatic rings. The number of carbonyl (C=O) groups excluding carboxylic acids is 2. The second-order valence-electron chi connectivity index (χ2n) is 6.67. The van der Waals surface area contributed by atoms with E-state index in [1.54, 1.807) is 19.1 Å². The van der Waals surface area contributed by atoms with Crippen molar-refractivity contribution in [2.45, 2.75) is 31.7 Å². The Balaban J connectivity index is 2.00. The molecule has 156 valence electrons. The van der Waals surface area contributed by atoms with Crippen molar-refractivity contribution in [2.24, 2.45) is 5.92 Å². The molecule has 0 spiro atoms. The summed E-state index contributed by atoms with van der Waals surface area (Å²) in [6, 6.07) is 4.05. The van der Waals surface area contributed by atoms with Gasteiger partial charge < -0.3 is 24.3 Å². The van der Waals surface area contributed by atoms with Crippen LogP contribution in [0.4, 0.5) is 10.1 Å². The Morgan fingerprint density at radius 2 is 2.10 bits per heavy atom. The Labute approximate surface area is 168 Å².